The van der Waals surface area contributed by atoms with Crippen molar-refractivity contribution < 1.29 is 14.4 Å². The third kappa shape index (κ3) is 3.51. The molecule has 1 saturated heterocycles. The number of nitrogens with zero attached hydrogens (tertiary/aromatic N) is 4. The van der Waals surface area contributed by atoms with Crippen LogP contribution in [0.25, 0.3) is 33.1 Å². The Balaban J connectivity index is 1.74. The molecule has 0 aromatic carbocycles. The Labute approximate surface area is 181 Å². The molecule has 1 aliphatic rings. The van der Waals surface area contributed by atoms with Gasteiger partial charge in [0, 0.05) is 48.7 Å². The Morgan fingerprint density at radius 3 is 2.55 bits per heavy atom. The van der Waals surface area contributed by atoms with Gasteiger partial charge in [0.05, 0.1) is 27.9 Å². The first kappa shape index (κ1) is 20.2. The molecule has 0 saturated carbocycles. The van der Waals surface area contributed by atoms with Gasteiger partial charge in [-0.25, -0.2) is 0 Å². The Bertz CT molecular complexity index is 1240. The SMILES string of the molecule is Cc1noc(C)c1-c1cnc2c3cnc(C(C)(C)O)cc3n(CC3CCOCC3)c2c1. The van der Waals surface area contributed by atoms with Crippen molar-refractivity contribution >= 4 is 21.9 Å². The molecule has 0 aliphatic carbocycles. The maximum absolute atomic E-state index is 10.5. The zero-order valence-corrected chi connectivity index (χ0v) is 18.5. The lowest BCUT2D eigenvalue weighted by Gasteiger charge is -2.23. The van der Waals surface area contributed by atoms with Crippen molar-refractivity contribution in [3.05, 3.63) is 41.7 Å². The van der Waals surface area contributed by atoms with Crippen molar-refractivity contribution in [2.24, 2.45) is 5.92 Å². The summed E-state index contributed by atoms with van der Waals surface area (Å²) in [7, 11) is 0. The average Bonchev–Trinajstić information content (AvgIpc) is 3.24. The van der Waals surface area contributed by atoms with Crippen molar-refractivity contribution in [3.63, 3.8) is 0 Å². The highest BCUT2D eigenvalue weighted by Gasteiger charge is 2.23. The molecule has 7 nitrogen and oxygen atoms in total. The van der Waals surface area contributed by atoms with Crippen molar-refractivity contribution in [1.82, 2.24) is 19.7 Å². The van der Waals surface area contributed by atoms with E-state index in [9.17, 15) is 5.11 Å². The lowest BCUT2D eigenvalue weighted by molar-refractivity contribution is 0.0619. The van der Waals surface area contributed by atoms with Crippen molar-refractivity contribution in [2.75, 3.05) is 13.2 Å². The van der Waals surface area contributed by atoms with Crippen LogP contribution >= 0.6 is 0 Å². The summed E-state index contributed by atoms with van der Waals surface area (Å²) >= 11 is 0. The fraction of sp³-hybridized carbons (Fsp3) is 0.458. The second-order valence-electron chi connectivity index (χ2n) is 9.10. The third-order valence-electron chi connectivity index (χ3n) is 6.32. The highest BCUT2D eigenvalue weighted by molar-refractivity contribution is 6.06. The molecule has 0 radical (unpaired) electrons. The summed E-state index contributed by atoms with van der Waals surface area (Å²) in [5.41, 5.74) is 5.53. The predicted molar refractivity (Wildman–Crippen MR) is 119 cm³/mol. The summed E-state index contributed by atoms with van der Waals surface area (Å²) in [5, 5.41) is 15.7. The van der Waals surface area contributed by atoms with Crippen LogP contribution in [0, 0.1) is 19.8 Å². The average molecular weight is 421 g/mol. The number of aryl methyl sites for hydroxylation is 2. The lowest BCUT2D eigenvalue weighted by Crippen LogP contribution is -2.21. The Kier molecular flexibility index (Phi) is 4.83. The van der Waals surface area contributed by atoms with Crippen molar-refractivity contribution in [2.45, 2.75) is 52.7 Å². The molecular weight excluding hydrogens is 392 g/mol. The van der Waals surface area contributed by atoms with Crippen molar-refractivity contribution in [1.29, 1.82) is 0 Å². The molecule has 0 unspecified atom stereocenters. The van der Waals surface area contributed by atoms with Crippen LogP contribution in [0.1, 0.15) is 43.8 Å². The van der Waals surface area contributed by atoms with E-state index in [1.165, 1.54) is 0 Å². The van der Waals surface area contributed by atoms with E-state index in [-0.39, 0.29) is 0 Å². The van der Waals surface area contributed by atoms with Crippen LogP contribution in [0.5, 0.6) is 0 Å². The topological polar surface area (TPSA) is 86.2 Å². The number of pyridine rings is 2. The van der Waals surface area contributed by atoms with Gasteiger partial charge in [-0.05, 0) is 58.6 Å². The number of aliphatic hydroxyl groups is 1. The minimum atomic E-state index is -1.01. The van der Waals surface area contributed by atoms with E-state index in [2.05, 4.69) is 20.8 Å². The van der Waals surface area contributed by atoms with Crippen LogP contribution in [0.15, 0.2) is 29.0 Å². The van der Waals surface area contributed by atoms with Gasteiger partial charge in [0.2, 0.25) is 0 Å². The van der Waals surface area contributed by atoms with Crippen molar-refractivity contribution in [3.8, 4) is 11.1 Å². The zero-order chi connectivity index (χ0) is 21.8. The number of fused-ring (bicyclic) bond motifs is 3. The molecule has 0 spiro atoms. The fourth-order valence-electron chi connectivity index (χ4n) is 4.60. The van der Waals surface area contributed by atoms with Crippen LogP contribution in [0.4, 0.5) is 0 Å². The highest BCUT2D eigenvalue weighted by Crippen LogP contribution is 2.35. The first-order valence-corrected chi connectivity index (χ1v) is 10.8. The van der Waals surface area contributed by atoms with E-state index in [0.717, 1.165) is 77.1 Å². The van der Waals surface area contributed by atoms with Gasteiger partial charge in [0.25, 0.3) is 0 Å². The number of hydrogen-bond donors (Lipinski definition) is 1. The maximum Gasteiger partial charge on any atom is 0.141 e. The van der Waals surface area contributed by atoms with Gasteiger partial charge in [0.1, 0.15) is 11.4 Å². The Morgan fingerprint density at radius 1 is 1.10 bits per heavy atom. The summed E-state index contributed by atoms with van der Waals surface area (Å²) < 4.78 is 13.3. The second-order valence-corrected chi connectivity index (χ2v) is 9.10. The lowest BCUT2D eigenvalue weighted by atomic mass is 10.00. The van der Waals surface area contributed by atoms with Crippen LogP contribution in [-0.4, -0.2) is 38.0 Å². The number of aromatic nitrogens is 4. The molecule has 0 amide bonds. The molecule has 1 N–H and O–H groups in total. The normalized spacial score (nSPS) is 15.9. The summed E-state index contributed by atoms with van der Waals surface area (Å²) in [5.74, 6) is 1.32. The third-order valence-corrected chi connectivity index (χ3v) is 6.32. The largest absolute Gasteiger partial charge is 0.384 e. The molecule has 7 heteroatoms. The Hall–Kier alpha value is -2.77. The molecule has 1 fully saturated rings. The van der Waals surface area contributed by atoms with E-state index in [4.69, 9.17) is 14.2 Å². The minimum Gasteiger partial charge on any atom is -0.384 e. The van der Waals surface area contributed by atoms with E-state index in [1.807, 2.05) is 32.3 Å². The quantitative estimate of drug-likeness (QED) is 0.523. The standard InChI is InChI=1S/C24H28N4O3/c1-14-22(15(2)31-27-14)17-9-20-23(26-11-17)18-12-25-21(24(3,4)29)10-19(18)28(20)13-16-5-7-30-8-6-16/h9-12,16,29H,5-8,13H2,1-4H3. The van der Waals surface area contributed by atoms with Gasteiger partial charge >= 0.3 is 0 Å². The molecule has 31 heavy (non-hydrogen) atoms. The van der Waals surface area contributed by atoms with Crippen LogP contribution in [-0.2, 0) is 16.9 Å². The molecule has 1 aliphatic heterocycles. The van der Waals surface area contributed by atoms with Crippen LogP contribution < -0.4 is 0 Å². The van der Waals surface area contributed by atoms with Crippen LogP contribution in [0.3, 0.4) is 0 Å². The molecule has 0 bridgehead atoms. The number of hydrogen-bond acceptors (Lipinski definition) is 6. The van der Waals surface area contributed by atoms with E-state index in [0.29, 0.717) is 11.6 Å². The van der Waals surface area contributed by atoms with E-state index in [1.54, 1.807) is 13.8 Å². The van der Waals surface area contributed by atoms with Gasteiger partial charge in [-0.1, -0.05) is 5.16 Å². The van der Waals surface area contributed by atoms with Crippen LogP contribution in [0.2, 0.25) is 0 Å². The molecule has 162 valence electrons. The summed E-state index contributed by atoms with van der Waals surface area (Å²) in [6.07, 6.45) is 5.81. The van der Waals surface area contributed by atoms with Gasteiger partial charge in [-0.2, -0.15) is 0 Å². The highest BCUT2D eigenvalue weighted by atomic mass is 16.5. The maximum atomic E-state index is 10.5. The fourth-order valence-corrected chi connectivity index (χ4v) is 4.60. The summed E-state index contributed by atoms with van der Waals surface area (Å²) in [6, 6.07) is 4.18. The number of rotatable bonds is 4. The second kappa shape index (κ2) is 7.43. The van der Waals surface area contributed by atoms with E-state index < -0.39 is 5.60 Å². The first-order chi connectivity index (χ1) is 14.8. The zero-order valence-electron chi connectivity index (χ0n) is 18.5. The monoisotopic (exact) mass is 420 g/mol. The summed E-state index contributed by atoms with van der Waals surface area (Å²) in [6.45, 7) is 9.90. The van der Waals surface area contributed by atoms with E-state index >= 15 is 0 Å². The Morgan fingerprint density at radius 2 is 1.87 bits per heavy atom. The summed E-state index contributed by atoms with van der Waals surface area (Å²) in [4.78, 5) is 9.38. The van der Waals surface area contributed by atoms with Gasteiger partial charge in [-0.3, -0.25) is 9.97 Å². The molecular formula is C24H28N4O3. The first-order valence-electron chi connectivity index (χ1n) is 10.8. The van der Waals surface area contributed by atoms with Gasteiger partial charge in [0.15, 0.2) is 0 Å². The molecule has 4 aromatic rings. The van der Waals surface area contributed by atoms with Gasteiger partial charge in [-0.15, -0.1) is 0 Å². The predicted octanol–water partition coefficient (Wildman–Crippen LogP) is 4.51. The molecule has 4 aromatic heterocycles. The molecule has 5 heterocycles. The molecule has 5 rings (SSSR count). The number of ether oxygens (including phenoxy) is 1. The van der Waals surface area contributed by atoms with Gasteiger partial charge < -0.3 is 18.9 Å². The molecule has 0 atom stereocenters. The minimum absolute atomic E-state index is 0.536. The smallest absolute Gasteiger partial charge is 0.141 e.